The minimum absolute atomic E-state index is 0.112. The Morgan fingerprint density at radius 2 is 1.58 bits per heavy atom. The lowest BCUT2D eigenvalue weighted by atomic mass is 9.53. The van der Waals surface area contributed by atoms with Crippen molar-refractivity contribution in [3.63, 3.8) is 0 Å². The minimum Gasteiger partial charge on any atom is -0.349 e. The second-order valence-electron chi connectivity index (χ2n) is 8.21. The van der Waals surface area contributed by atoms with Crippen LogP contribution in [0.4, 0.5) is 0 Å². The number of amides is 1. The van der Waals surface area contributed by atoms with Crippen LogP contribution in [-0.4, -0.2) is 17.0 Å². The maximum Gasteiger partial charge on any atom is 0.240 e. The van der Waals surface area contributed by atoms with Crippen LogP contribution in [0.15, 0.2) is 0 Å². The molecule has 19 heavy (non-hydrogen) atoms. The topological polar surface area (TPSA) is 55.1 Å². The zero-order valence-electron chi connectivity index (χ0n) is 12.0. The van der Waals surface area contributed by atoms with Gasteiger partial charge in [-0.15, -0.1) is 0 Å². The summed E-state index contributed by atoms with van der Waals surface area (Å²) < 4.78 is 0. The van der Waals surface area contributed by atoms with Crippen LogP contribution >= 0.6 is 0 Å². The van der Waals surface area contributed by atoms with Gasteiger partial charge in [0.25, 0.3) is 0 Å². The molecule has 1 unspecified atom stereocenters. The lowest BCUT2D eigenvalue weighted by molar-refractivity contribution is -0.132. The molecule has 0 aliphatic heterocycles. The van der Waals surface area contributed by atoms with Crippen molar-refractivity contribution in [2.45, 2.75) is 69.4 Å². The summed E-state index contributed by atoms with van der Waals surface area (Å²) in [6.45, 7) is 1.93. The average Bonchev–Trinajstić information content (AvgIpc) is 3.09. The first kappa shape index (κ1) is 12.2. The molecule has 0 spiro atoms. The van der Waals surface area contributed by atoms with Crippen LogP contribution in [0.2, 0.25) is 0 Å². The van der Waals surface area contributed by atoms with Crippen LogP contribution in [0.25, 0.3) is 0 Å². The van der Waals surface area contributed by atoms with Gasteiger partial charge in [0.05, 0.1) is 5.54 Å². The average molecular weight is 262 g/mol. The first-order chi connectivity index (χ1) is 8.97. The fourth-order valence-corrected chi connectivity index (χ4v) is 5.51. The zero-order chi connectivity index (χ0) is 13.3. The van der Waals surface area contributed by atoms with Crippen LogP contribution in [0, 0.1) is 23.7 Å². The number of nitrogens with two attached hydrogens (primary N) is 1. The summed E-state index contributed by atoms with van der Waals surface area (Å²) in [5.41, 5.74) is 5.76. The predicted molar refractivity (Wildman–Crippen MR) is 74.4 cm³/mol. The van der Waals surface area contributed by atoms with Crippen molar-refractivity contribution in [3.8, 4) is 0 Å². The van der Waals surface area contributed by atoms with E-state index in [2.05, 4.69) is 5.32 Å². The van der Waals surface area contributed by atoms with E-state index in [1.807, 2.05) is 6.92 Å². The first-order valence-electron chi connectivity index (χ1n) is 8.08. The Morgan fingerprint density at radius 3 is 2.00 bits per heavy atom. The number of carbonyl (C=O) groups excluding carboxylic acids is 1. The van der Waals surface area contributed by atoms with Crippen molar-refractivity contribution in [1.29, 1.82) is 0 Å². The van der Waals surface area contributed by atoms with Gasteiger partial charge in [-0.3, -0.25) is 4.79 Å². The van der Waals surface area contributed by atoms with E-state index in [0.29, 0.717) is 5.92 Å². The van der Waals surface area contributed by atoms with Crippen LogP contribution in [-0.2, 0) is 4.79 Å². The SMILES string of the molecule is CC(N)(C(=O)NC12CC3CC(CC(C3)C1)C2)C1CC1. The summed E-state index contributed by atoms with van der Waals surface area (Å²) in [7, 11) is 0. The predicted octanol–water partition coefficient (Wildman–Crippen LogP) is 2.20. The smallest absolute Gasteiger partial charge is 0.240 e. The van der Waals surface area contributed by atoms with E-state index >= 15 is 0 Å². The van der Waals surface area contributed by atoms with E-state index in [0.717, 1.165) is 30.6 Å². The van der Waals surface area contributed by atoms with Crippen molar-refractivity contribution in [1.82, 2.24) is 5.32 Å². The van der Waals surface area contributed by atoms with Crippen molar-refractivity contribution in [2.75, 3.05) is 0 Å². The molecule has 106 valence electrons. The molecule has 3 nitrogen and oxygen atoms in total. The highest BCUT2D eigenvalue weighted by Crippen LogP contribution is 2.55. The lowest BCUT2D eigenvalue weighted by Crippen LogP contribution is -2.65. The first-order valence-corrected chi connectivity index (χ1v) is 8.08. The third kappa shape index (κ3) is 1.93. The van der Waals surface area contributed by atoms with Gasteiger partial charge in [-0.2, -0.15) is 0 Å². The van der Waals surface area contributed by atoms with Gasteiger partial charge in [-0.1, -0.05) is 0 Å². The van der Waals surface area contributed by atoms with Gasteiger partial charge in [-0.25, -0.2) is 0 Å². The molecule has 5 saturated carbocycles. The van der Waals surface area contributed by atoms with E-state index in [9.17, 15) is 4.79 Å². The third-order valence-electron chi connectivity index (χ3n) is 6.33. The van der Waals surface area contributed by atoms with Gasteiger partial charge in [0.15, 0.2) is 0 Å². The number of rotatable bonds is 3. The highest BCUT2D eigenvalue weighted by Gasteiger charge is 2.53. The molecule has 0 saturated heterocycles. The molecule has 0 radical (unpaired) electrons. The van der Waals surface area contributed by atoms with Crippen molar-refractivity contribution in [2.24, 2.45) is 29.4 Å². The van der Waals surface area contributed by atoms with Crippen LogP contribution in [0.5, 0.6) is 0 Å². The van der Waals surface area contributed by atoms with Gasteiger partial charge in [-0.05, 0) is 82.0 Å². The summed E-state index contributed by atoms with van der Waals surface area (Å²) in [6.07, 6.45) is 10.1. The van der Waals surface area contributed by atoms with E-state index < -0.39 is 5.54 Å². The fraction of sp³-hybridized carbons (Fsp3) is 0.938. The molecule has 0 aromatic heterocycles. The van der Waals surface area contributed by atoms with E-state index in [1.165, 1.54) is 38.5 Å². The molecule has 5 aliphatic rings. The Morgan fingerprint density at radius 1 is 1.11 bits per heavy atom. The number of hydrogen-bond acceptors (Lipinski definition) is 2. The van der Waals surface area contributed by atoms with E-state index in [-0.39, 0.29) is 11.4 Å². The lowest BCUT2D eigenvalue weighted by Gasteiger charge is -2.57. The molecular weight excluding hydrogens is 236 g/mol. The third-order valence-corrected chi connectivity index (χ3v) is 6.33. The monoisotopic (exact) mass is 262 g/mol. The molecule has 3 heteroatoms. The largest absolute Gasteiger partial charge is 0.349 e. The molecule has 5 rings (SSSR count). The quantitative estimate of drug-likeness (QED) is 0.819. The maximum absolute atomic E-state index is 12.6. The molecule has 0 heterocycles. The standard InChI is InChI=1S/C16H26N2O/c1-15(17,13-2-3-13)14(19)18-16-7-10-4-11(8-16)6-12(5-10)9-16/h10-13H,2-9,17H2,1H3,(H,18,19). The highest BCUT2D eigenvalue weighted by molar-refractivity contribution is 5.87. The normalized spacial score (nSPS) is 46.9. The highest BCUT2D eigenvalue weighted by atomic mass is 16.2. The van der Waals surface area contributed by atoms with Gasteiger partial charge < -0.3 is 11.1 Å². The zero-order valence-corrected chi connectivity index (χ0v) is 12.0. The number of carbonyl (C=O) groups is 1. The fourth-order valence-electron chi connectivity index (χ4n) is 5.51. The minimum atomic E-state index is -0.636. The van der Waals surface area contributed by atoms with Crippen LogP contribution in [0.3, 0.4) is 0 Å². The second-order valence-corrected chi connectivity index (χ2v) is 8.21. The molecule has 0 aromatic carbocycles. The Kier molecular flexibility index (Phi) is 2.41. The molecular formula is C16H26N2O. The summed E-state index contributed by atoms with van der Waals surface area (Å²) in [5.74, 6) is 3.16. The molecule has 0 aromatic rings. The van der Waals surface area contributed by atoms with E-state index in [1.54, 1.807) is 0 Å². The summed E-state index contributed by atoms with van der Waals surface area (Å²) in [4.78, 5) is 12.6. The molecule has 1 atom stereocenters. The van der Waals surface area contributed by atoms with E-state index in [4.69, 9.17) is 5.73 Å². The molecule has 4 bridgehead atoms. The van der Waals surface area contributed by atoms with Gasteiger partial charge in [0, 0.05) is 5.54 Å². The molecule has 5 aliphatic carbocycles. The Bertz CT molecular complexity index is 376. The molecule has 5 fully saturated rings. The summed E-state index contributed by atoms with van der Waals surface area (Å²) >= 11 is 0. The molecule has 3 N–H and O–H groups in total. The Labute approximate surface area is 115 Å². The maximum atomic E-state index is 12.6. The number of nitrogens with one attached hydrogen (secondary N) is 1. The molecule has 1 amide bonds. The van der Waals surface area contributed by atoms with Crippen LogP contribution in [0.1, 0.15) is 58.3 Å². The Balaban J connectivity index is 1.51. The second kappa shape index (κ2) is 3.75. The Hall–Kier alpha value is -0.570. The van der Waals surface area contributed by atoms with Crippen molar-refractivity contribution < 1.29 is 4.79 Å². The van der Waals surface area contributed by atoms with Crippen molar-refractivity contribution in [3.05, 3.63) is 0 Å². The number of hydrogen-bond donors (Lipinski definition) is 2. The van der Waals surface area contributed by atoms with Crippen molar-refractivity contribution >= 4 is 5.91 Å². The summed E-state index contributed by atoms with van der Waals surface area (Å²) in [5, 5.41) is 3.42. The summed E-state index contributed by atoms with van der Waals surface area (Å²) in [6, 6.07) is 0. The van der Waals surface area contributed by atoms with Gasteiger partial charge >= 0.3 is 0 Å². The van der Waals surface area contributed by atoms with Gasteiger partial charge in [0.2, 0.25) is 5.91 Å². The van der Waals surface area contributed by atoms with Gasteiger partial charge in [0.1, 0.15) is 0 Å². The van der Waals surface area contributed by atoms with Crippen LogP contribution < -0.4 is 11.1 Å².